The number of nitrogens with zero attached hydrogens (tertiary/aromatic N) is 5. The van der Waals surface area contributed by atoms with Crippen LogP contribution in [0.5, 0.6) is 5.88 Å². The van der Waals surface area contributed by atoms with E-state index in [9.17, 15) is 0 Å². The van der Waals surface area contributed by atoms with Crippen LogP contribution in [0.3, 0.4) is 0 Å². The number of aromatic nitrogens is 5. The van der Waals surface area contributed by atoms with Crippen molar-refractivity contribution in [2.45, 2.75) is 37.3 Å². The van der Waals surface area contributed by atoms with Crippen LogP contribution in [-0.4, -0.2) is 43.1 Å². The molecular weight excluding hydrogens is 316 g/mol. The molecule has 3 aromatic heterocycles. The van der Waals surface area contributed by atoms with Gasteiger partial charge in [0.25, 0.3) is 0 Å². The molecule has 0 aromatic carbocycles. The lowest BCUT2D eigenvalue weighted by molar-refractivity contribution is -0.0510. The molecule has 2 fully saturated rings. The summed E-state index contributed by atoms with van der Waals surface area (Å²) in [5, 5.41) is 12.0. The number of nitrogens with one attached hydrogen (secondary N) is 1. The maximum Gasteiger partial charge on any atom is 0.241 e. The maximum atomic E-state index is 6.60. The van der Waals surface area contributed by atoms with E-state index in [2.05, 4.69) is 15.5 Å². The standard InChI is InChI=1S/C18H22N6O/c1-19-14-7-18(8-14,13-3-4-13)25-17-16-5-6-20-24(16)11-15(22-17)12-9-21-23(2)10-12/h5-6,9-11,13-14,19H,3-4,7-8H2,1-2H3. The van der Waals surface area contributed by atoms with Crippen LogP contribution in [0.15, 0.2) is 30.9 Å². The fraction of sp³-hybridized carbons (Fsp3) is 0.500. The molecule has 0 saturated heterocycles. The number of ether oxygens (including phenoxy) is 1. The zero-order valence-corrected chi connectivity index (χ0v) is 14.5. The smallest absolute Gasteiger partial charge is 0.241 e. The van der Waals surface area contributed by atoms with Gasteiger partial charge in [0.2, 0.25) is 5.88 Å². The zero-order valence-electron chi connectivity index (χ0n) is 14.5. The van der Waals surface area contributed by atoms with Crippen LogP contribution in [0.25, 0.3) is 16.8 Å². The molecule has 3 heterocycles. The van der Waals surface area contributed by atoms with Crippen molar-refractivity contribution in [3.8, 4) is 17.1 Å². The predicted molar refractivity (Wildman–Crippen MR) is 93.4 cm³/mol. The third-order valence-electron chi connectivity index (χ3n) is 5.57. The molecule has 0 amide bonds. The molecule has 0 bridgehead atoms. The van der Waals surface area contributed by atoms with Gasteiger partial charge >= 0.3 is 0 Å². The molecule has 0 unspecified atom stereocenters. The highest BCUT2D eigenvalue weighted by Crippen LogP contribution is 2.52. The van der Waals surface area contributed by atoms with Crippen molar-refractivity contribution in [3.05, 3.63) is 30.9 Å². The van der Waals surface area contributed by atoms with E-state index in [1.54, 1.807) is 10.9 Å². The lowest BCUT2D eigenvalue weighted by Crippen LogP contribution is -2.57. The number of hydrogen-bond acceptors (Lipinski definition) is 5. The molecule has 0 aliphatic heterocycles. The number of fused-ring (bicyclic) bond motifs is 1. The van der Waals surface area contributed by atoms with Crippen molar-refractivity contribution in [1.29, 1.82) is 0 Å². The Morgan fingerprint density at radius 1 is 1.24 bits per heavy atom. The number of hydrogen-bond donors (Lipinski definition) is 1. The highest BCUT2D eigenvalue weighted by molar-refractivity contribution is 5.63. The average Bonchev–Trinajstić information content (AvgIpc) is 3.15. The molecule has 130 valence electrons. The largest absolute Gasteiger partial charge is 0.469 e. The molecule has 2 aliphatic carbocycles. The minimum absolute atomic E-state index is 0.0704. The molecule has 7 heteroatoms. The van der Waals surface area contributed by atoms with Gasteiger partial charge in [0, 0.05) is 37.7 Å². The van der Waals surface area contributed by atoms with E-state index in [0.717, 1.165) is 29.6 Å². The molecule has 7 nitrogen and oxygen atoms in total. The molecule has 5 rings (SSSR count). The van der Waals surface area contributed by atoms with Crippen LogP contribution in [0.4, 0.5) is 0 Å². The molecular formula is C18H22N6O. The zero-order chi connectivity index (χ0) is 17.0. The molecule has 3 aromatic rings. The molecule has 1 N–H and O–H groups in total. The van der Waals surface area contributed by atoms with Crippen molar-refractivity contribution in [1.82, 2.24) is 29.7 Å². The van der Waals surface area contributed by atoms with Gasteiger partial charge in [-0.05, 0) is 31.9 Å². The van der Waals surface area contributed by atoms with Gasteiger partial charge in [0.15, 0.2) is 0 Å². The monoisotopic (exact) mass is 338 g/mol. The van der Waals surface area contributed by atoms with Crippen LogP contribution in [0, 0.1) is 5.92 Å². The first-order chi connectivity index (χ1) is 12.2. The van der Waals surface area contributed by atoms with Gasteiger partial charge in [-0.2, -0.15) is 10.2 Å². The Bertz CT molecular complexity index is 919. The lowest BCUT2D eigenvalue weighted by Gasteiger charge is -2.47. The van der Waals surface area contributed by atoms with Gasteiger partial charge in [-0.15, -0.1) is 0 Å². The Morgan fingerprint density at radius 2 is 2.08 bits per heavy atom. The van der Waals surface area contributed by atoms with Crippen molar-refractivity contribution in [3.63, 3.8) is 0 Å². The number of rotatable bonds is 5. The highest BCUT2D eigenvalue weighted by Gasteiger charge is 2.56. The molecule has 25 heavy (non-hydrogen) atoms. The Labute approximate surface area is 146 Å². The molecule has 2 saturated carbocycles. The summed E-state index contributed by atoms with van der Waals surface area (Å²) >= 11 is 0. The summed E-state index contributed by atoms with van der Waals surface area (Å²) in [5.74, 6) is 1.34. The van der Waals surface area contributed by atoms with Crippen molar-refractivity contribution in [2.24, 2.45) is 13.0 Å². The van der Waals surface area contributed by atoms with Gasteiger partial charge < -0.3 is 10.1 Å². The molecule has 2 aliphatic rings. The van der Waals surface area contributed by atoms with Crippen molar-refractivity contribution >= 4 is 5.52 Å². The quantitative estimate of drug-likeness (QED) is 0.771. The number of aryl methyl sites for hydroxylation is 1. The summed E-state index contributed by atoms with van der Waals surface area (Å²) in [5.41, 5.74) is 2.64. The summed E-state index contributed by atoms with van der Waals surface area (Å²) in [6, 6.07) is 2.51. The summed E-state index contributed by atoms with van der Waals surface area (Å²) in [7, 11) is 3.93. The van der Waals surface area contributed by atoms with Crippen molar-refractivity contribution in [2.75, 3.05) is 7.05 Å². The normalized spacial score (nSPS) is 25.9. The Hall–Kier alpha value is -2.41. The highest BCUT2D eigenvalue weighted by atomic mass is 16.5. The minimum Gasteiger partial charge on any atom is -0.469 e. The van der Waals surface area contributed by atoms with Gasteiger partial charge in [0.1, 0.15) is 11.1 Å². The topological polar surface area (TPSA) is 69.3 Å². The molecule has 0 spiro atoms. The Balaban J connectivity index is 1.55. The second kappa shape index (κ2) is 5.29. The van der Waals surface area contributed by atoms with Gasteiger partial charge in [-0.25, -0.2) is 9.50 Å². The van der Waals surface area contributed by atoms with E-state index in [1.165, 1.54) is 12.8 Å². The fourth-order valence-electron chi connectivity index (χ4n) is 3.95. The summed E-state index contributed by atoms with van der Waals surface area (Å²) in [4.78, 5) is 4.83. The van der Waals surface area contributed by atoms with Crippen molar-refractivity contribution < 1.29 is 4.74 Å². The van der Waals surface area contributed by atoms with E-state index in [1.807, 2.05) is 43.3 Å². The Morgan fingerprint density at radius 3 is 2.76 bits per heavy atom. The van der Waals surface area contributed by atoms with Crippen LogP contribution < -0.4 is 10.1 Å². The first-order valence-electron chi connectivity index (χ1n) is 8.86. The van der Waals surface area contributed by atoms with E-state index < -0.39 is 0 Å². The molecule has 0 atom stereocenters. The van der Waals surface area contributed by atoms with Crippen LogP contribution in [-0.2, 0) is 7.05 Å². The SMILES string of the molecule is CNC1CC(Oc2nc(-c3cnn(C)c3)cn3nccc23)(C2CC2)C1. The second-order valence-electron chi connectivity index (χ2n) is 7.33. The summed E-state index contributed by atoms with van der Waals surface area (Å²) in [6.45, 7) is 0. The fourth-order valence-corrected chi connectivity index (χ4v) is 3.95. The average molecular weight is 338 g/mol. The first kappa shape index (κ1) is 14.9. The van der Waals surface area contributed by atoms with E-state index in [4.69, 9.17) is 9.72 Å². The Kier molecular flexibility index (Phi) is 3.15. The van der Waals surface area contributed by atoms with Crippen LogP contribution in [0.1, 0.15) is 25.7 Å². The van der Waals surface area contributed by atoms with Gasteiger partial charge in [-0.1, -0.05) is 0 Å². The second-order valence-corrected chi connectivity index (χ2v) is 7.33. The van der Waals surface area contributed by atoms with E-state index in [-0.39, 0.29) is 5.60 Å². The van der Waals surface area contributed by atoms with Crippen LogP contribution in [0.2, 0.25) is 0 Å². The summed E-state index contributed by atoms with van der Waals surface area (Å²) in [6.07, 6.45) is 12.1. The summed E-state index contributed by atoms with van der Waals surface area (Å²) < 4.78 is 10.2. The third-order valence-corrected chi connectivity index (χ3v) is 5.57. The van der Waals surface area contributed by atoms with Crippen LogP contribution >= 0.6 is 0 Å². The van der Waals surface area contributed by atoms with E-state index >= 15 is 0 Å². The molecule has 0 radical (unpaired) electrons. The van der Waals surface area contributed by atoms with Gasteiger partial charge in [-0.3, -0.25) is 4.68 Å². The predicted octanol–water partition coefficient (Wildman–Crippen LogP) is 2.04. The minimum atomic E-state index is -0.0704. The maximum absolute atomic E-state index is 6.60. The lowest BCUT2D eigenvalue weighted by atomic mass is 9.72. The third kappa shape index (κ3) is 2.41. The first-order valence-corrected chi connectivity index (χ1v) is 8.86. The van der Waals surface area contributed by atoms with E-state index in [0.29, 0.717) is 17.8 Å². The van der Waals surface area contributed by atoms with Gasteiger partial charge in [0.05, 0.1) is 24.3 Å².